The van der Waals surface area contributed by atoms with E-state index in [1.807, 2.05) is 0 Å². The van der Waals surface area contributed by atoms with Crippen LogP contribution >= 0.6 is 11.3 Å². The summed E-state index contributed by atoms with van der Waals surface area (Å²) in [5, 5.41) is 14.7. The lowest BCUT2D eigenvalue weighted by molar-refractivity contribution is 0.0688. The Balaban J connectivity index is 2.18. The summed E-state index contributed by atoms with van der Waals surface area (Å²) in [5.41, 5.74) is 0.935. The third kappa shape index (κ3) is 1.56. The summed E-state index contributed by atoms with van der Waals surface area (Å²) in [6, 6.07) is 3.56. The van der Waals surface area contributed by atoms with Crippen molar-refractivity contribution in [3.05, 3.63) is 35.6 Å². The minimum atomic E-state index is -1.01. The number of pyridine rings is 1. The molecule has 0 atom stereocenters. The normalized spacial score (nSPS) is 10.8. The van der Waals surface area contributed by atoms with E-state index in [-0.39, 0.29) is 5.69 Å². The smallest absolute Gasteiger partial charge is 0.355 e. The molecule has 0 saturated carbocycles. The van der Waals surface area contributed by atoms with Gasteiger partial charge in [0.1, 0.15) is 0 Å². The number of nitrogens with zero attached hydrogens (tertiary/aromatic N) is 4. The second kappa shape index (κ2) is 3.63. The molecule has 1 N–H and O–H groups in total. The van der Waals surface area contributed by atoms with E-state index in [2.05, 4.69) is 15.1 Å². The maximum absolute atomic E-state index is 10.9. The highest BCUT2D eigenvalue weighted by molar-refractivity contribution is 7.15. The van der Waals surface area contributed by atoms with Gasteiger partial charge in [0.25, 0.3) is 0 Å². The molecule has 0 unspecified atom stereocenters. The summed E-state index contributed by atoms with van der Waals surface area (Å²) in [5.74, 6) is -0.510. The summed E-state index contributed by atoms with van der Waals surface area (Å²) in [6.45, 7) is 0. The van der Waals surface area contributed by atoms with E-state index in [1.165, 1.54) is 21.2 Å². The zero-order valence-electron chi connectivity index (χ0n) is 8.44. The Bertz CT molecular complexity index is 689. The number of hydrogen-bond acceptors (Lipinski definition) is 5. The molecule has 0 spiro atoms. The summed E-state index contributed by atoms with van der Waals surface area (Å²) in [4.78, 5) is 19.7. The predicted octanol–water partition coefficient (Wildman–Crippen LogP) is 1.55. The molecule has 3 aromatic heterocycles. The summed E-state index contributed by atoms with van der Waals surface area (Å²) < 4.78 is 1.34. The Morgan fingerprint density at radius 1 is 1.35 bits per heavy atom. The Kier molecular flexibility index (Phi) is 2.12. The van der Waals surface area contributed by atoms with Crippen LogP contribution < -0.4 is 0 Å². The number of rotatable bonds is 2. The Hall–Kier alpha value is -2.28. The maximum atomic E-state index is 10.9. The number of hydrogen-bond donors (Lipinski definition) is 1. The third-order valence-electron chi connectivity index (χ3n) is 2.24. The zero-order chi connectivity index (χ0) is 11.8. The predicted molar refractivity (Wildman–Crippen MR) is 61.1 cm³/mol. The molecule has 84 valence electrons. The van der Waals surface area contributed by atoms with Crippen molar-refractivity contribution >= 4 is 22.3 Å². The van der Waals surface area contributed by atoms with E-state index in [1.54, 1.807) is 24.5 Å². The van der Waals surface area contributed by atoms with Gasteiger partial charge in [-0.15, -0.1) is 16.4 Å². The molecule has 3 aromatic rings. The van der Waals surface area contributed by atoms with Gasteiger partial charge in [0, 0.05) is 23.3 Å². The van der Waals surface area contributed by atoms with E-state index in [0.717, 1.165) is 5.56 Å². The molecule has 0 aliphatic heterocycles. The maximum Gasteiger partial charge on any atom is 0.355 e. The van der Waals surface area contributed by atoms with Crippen molar-refractivity contribution in [2.24, 2.45) is 0 Å². The van der Waals surface area contributed by atoms with E-state index in [9.17, 15) is 4.79 Å². The van der Waals surface area contributed by atoms with Gasteiger partial charge < -0.3 is 5.11 Å². The van der Waals surface area contributed by atoms with Gasteiger partial charge in [-0.1, -0.05) is 0 Å². The topological polar surface area (TPSA) is 80.4 Å². The highest BCUT2D eigenvalue weighted by Gasteiger charge is 2.15. The van der Waals surface area contributed by atoms with Gasteiger partial charge in [-0.25, -0.2) is 4.79 Å². The molecule has 3 heterocycles. The van der Waals surface area contributed by atoms with Gasteiger partial charge in [0.2, 0.25) is 4.96 Å². The van der Waals surface area contributed by atoms with E-state index < -0.39 is 5.97 Å². The molecule has 3 rings (SSSR count). The number of aromatic nitrogens is 4. The van der Waals surface area contributed by atoms with Crippen LogP contribution in [0.1, 0.15) is 10.5 Å². The fourth-order valence-electron chi connectivity index (χ4n) is 1.45. The van der Waals surface area contributed by atoms with Crippen LogP contribution in [0.3, 0.4) is 0 Å². The Morgan fingerprint density at radius 3 is 2.82 bits per heavy atom. The van der Waals surface area contributed by atoms with Gasteiger partial charge in [-0.3, -0.25) is 4.98 Å². The molecule has 0 aliphatic carbocycles. The third-order valence-corrected chi connectivity index (χ3v) is 3.06. The van der Waals surface area contributed by atoms with Gasteiger partial charge in [-0.2, -0.15) is 9.50 Å². The van der Waals surface area contributed by atoms with Gasteiger partial charge in [-0.05, 0) is 12.1 Å². The first-order valence-electron chi connectivity index (χ1n) is 4.73. The molecule has 0 fully saturated rings. The van der Waals surface area contributed by atoms with Crippen molar-refractivity contribution in [2.45, 2.75) is 0 Å². The van der Waals surface area contributed by atoms with Gasteiger partial charge in [0.05, 0.1) is 0 Å². The molecule has 0 saturated heterocycles. The fraction of sp³-hybridized carbons (Fsp3) is 0. The summed E-state index contributed by atoms with van der Waals surface area (Å²) in [6.07, 6.45) is 3.28. The van der Waals surface area contributed by atoms with Crippen molar-refractivity contribution in [2.75, 3.05) is 0 Å². The van der Waals surface area contributed by atoms with E-state index in [4.69, 9.17) is 5.11 Å². The molecule has 17 heavy (non-hydrogen) atoms. The number of carboxylic acids is 1. The van der Waals surface area contributed by atoms with Gasteiger partial charge in [0.15, 0.2) is 11.5 Å². The molecule has 7 heteroatoms. The van der Waals surface area contributed by atoms with Crippen molar-refractivity contribution in [1.82, 2.24) is 19.6 Å². The average Bonchev–Trinajstić information content (AvgIpc) is 2.88. The highest BCUT2D eigenvalue weighted by atomic mass is 32.1. The molecule has 0 aromatic carbocycles. The quantitative estimate of drug-likeness (QED) is 0.742. The molecule has 0 amide bonds. The highest BCUT2D eigenvalue weighted by Crippen LogP contribution is 2.20. The van der Waals surface area contributed by atoms with Crippen molar-refractivity contribution in [3.8, 4) is 11.4 Å². The Morgan fingerprint density at radius 2 is 2.12 bits per heavy atom. The lowest BCUT2D eigenvalue weighted by Gasteiger charge is -1.92. The molecular formula is C10H6N4O2S. The van der Waals surface area contributed by atoms with Crippen LogP contribution in [-0.2, 0) is 0 Å². The van der Waals surface area contributed by atoms with Crippen molar-refractivity contribution < 1.29 is 9.90 Å². The minimum absolute atomic E-state index is 0.123. The Labute approximate surface area is 99.2 Å². The van der Waals surface area contributed by atoms with E-state index in [0.29, 0.717) is 10.8 Å². The SMILES string of the molecule is O=C(O)c1csc2nc(-c3ccncc3)nn12. The first kappa shape index (κ1) is 9.91. The lowest BCUT2D eigenvalue weighted by atomic mass is 10.3. The fourth-order valence-corrected chi connectivity index (χ4v) is 2.25. The number of aromatic carboxylic acids is 1. The largest absolute Gasteiger partial charge is 0.476 e. The number of carbonyl (C=O) groups is 1. The summed E-state index contributed by atoms with van der Waals surface area (Å²) >= 11 is 1.25. The van der Waals surface area contributed by atoms with Gasteiger partial charge >= 0.3 is 5.97 Å². The van der Waals surface area contributed by atoms with Crippen LogP contribution in [0.15, 0.2) is 29.9 Å². The lowest BCUT2D eigenvalue weighted by Crippen LogP contribution is -2.01. The van der Waals surface area contributed by atoms with Crippen LogP contribution in [0.5, 0.6) is 0 Å². The molecule has 0 bridgehead atoms. The standard InChI is InChI=1S/C10H6N4O2S/c15-9(16)7-5-17-10-12-8(13-14(7)10)6-1-3-11-4-2-6/h1-5H,(H,15,16). The second-order valence-electron chi connectivity index (χ2n) is 3.29. The van der Waals surface area contributed by atoms with Crippen LogP contribution in [0, 0.1) is 0 Å². The van der Waals surface area contributed by atoms with E-state index >= 15 is 0 Å². The molecule has 6 nitrogen and oxygen atoms in total. The summed E-state index contributed by atoms with van der Waals surface area (Å²) in [7, 11) is 0. The van der Waals surface area contributed by atoms with Crippen molar-refractivity contribution in [3.63, 3.8) is 0 Å². The van der Waals surface area contributed by atoms with Crippen LogP contribution in [-0.4, -0.2) is 30.7 Å². The number of carboxylic acid groups (broad SMARTS) is 1. The second-order valence-corrected chi connectivity index (χ2v) is 4.13. The zero-order valence-corrected chi connectivity index (χ0v) is 9.26. The minimum Gasteiger partial charge on any atom is -0.476 e. The molecule has 0 aliphatic rings. The van der Waals surface area contributed by atoms with Crippen LogP contribution in [0.4, 0.5) is 0 Å². The first-order valence-corrected chi connectivity index (χ1v) is 5.61. The monoisotopic (exact) mass is 246 g/mol. The first-order chi connectivity index (χ1) is 8.25. The molecular weight excluding hydrogens is 240 g/mol. The van der Waals surface area contributed by atoms with Crippen molar-refractivity contribution in [1.29, 1.82) is 0 Å². The van der Waals surface area contributed by atoms with Crippen LogP contribution in [0.2, 0.25) is 0 Å². The molecule has 0 radical (unpaired) electrons. The number of fused-ring (bicyclic) bond motifs is 1. The average molecular weight is 246 g/mol. The number of thiazole rings is 1. The van der Waals surface area contributed by atoms with Crippen LogP contribution in [0.25, 0.3) is 16.3 Å².